The van der Waals surface area contributed by atoms with Gasteiger partial charge in [0.2, 0.25) is 0 Å². The van der Waals surface area contributed by atoms with Crippen molar-refractivity contribution >= 4 is 17.7 Å². The summed E-state index contributed by atoms with van der Waals surface area (Å²) in [6.45, 7) is 0. The van der Waals surface area contributed by atoms with E-state index < -0.39 is 0 Å². The van der Waals surface area contributed by atoms with E-state index >= 15 is 0 Å². The van der Waals surface area contributed by atoms with Crippen LogP contribution in [0.1, 0.15) is 56.1 Å². The fourth-order valence-electron chi connectivity index (χ4n) is 3.55. The van der Waals surface area contributed by atoms with Gasteiger partial charge in [0.15, 0.2) is 0 Å². The highest BCUT2D eigenvalue weighted by Crippen LogP contribution is 2.22. The van der Waals surface area contributed by atoms with Crippen LogP contribution in [-0.4, -0.2) is 23.9 Å². The van der Waals surface area contributed by atoms with E-state index in [0.29, 0.717) is 12.8 Å². The van der Waals surface area contributed by atoms with E-state index in [9.17, 15) is 4.79 Å². The lowest BCUT2D eigenvalue weighted by Gasteiger charge is -2.22. The monoisotopic (exact) mass is 397 g/mol. The fourth-order valence-corrected chi connectivity index (χ4v) is 4.45. The van der Waals surface area contributed by atoms with Crippen molar-refractivity contribution in [3.8, 4) is 0 Å². The Morgan fingerprint density at radius 2 is 1.68 bits per heavy atom. The van der Waals surface area contributed by atoms with Gasteiger partial charge in [0.25, 0.3) is 0 Å². The lowest BCUT2D eigenvalue weighted by atomic mass is 9.98. The van der Waals surface area contributed by atoms with Gasteiger partial charge in [-0.1, -0.05) is 48.9 Å². The summed E-state index contributed by atoms with van der Waals surface area (Å²) >= 11 is 1.75. The Labute approximate surface area is 173 Å². The lowest BCUT2D eigenvalue weighted by molar-refractivity contribution is -0.150. The molecule has 0 radical (unpaired) electrons. The van der Waals surface area contributed by atoms with Gasteiger partial charge in [-0.3, -0.25) is 4.79 Å². The average Bonchev–Trinajstić information content (AvgIpc) is 2.73. The topological polar surface area (TPSA) is 52.3 Å². The summed E-state index contributed by atoms with van der Waals surface area (Å²) in [6.07, 6.45) is 7.87. The number of benzene rings is 2. The van der Waals surface area contributed by atoms with E-state index in [1.807, 2.05) is 6.07 Å². The van der Waals surface area contributed by atoms with Crippen molar-refractivity contribution in [2.45, 2.75) is 68.4 Å². The Balaban J connectivity index is 1.34. The molecule has 150 valence electrons. The van der Waals surface area contributed by atoms with Crippen LogP contribution in [0.5, 0.6) is 0 Å². The third kappa shape index (κ3) is 7.33. The minimum Gasteiger partial charge on any atom is -0.462 e. The molecule has 1 fully saturated rings. The summed E-state index contributed by atoms with van der Waals surface area (Å²) in [5.74, 6) is 0.729. The van der Waals surface area contributed by atoms with Crippen LogP contribution in [0, 0.1) is 0 Å². The molecular formula is C24H31NO2S. The maximum atomic E-state index is 12.0. The SMILES string of the molecule is NC(CCC(=O)OC1CCCCC1)CSc1ccc(Cc2ccccc2)cc1. The zero-order valence-corrected chi connectivity index (χ0v) is 17.3. The van der Waals surface area contributed by atoms with E-state index in [0.717, 1.165) is 25.0 Å². The highest BCUT2D eigenvalue weighted by atomic mass is 32.2. The number of nitrogens with two attached hydrogens (primary N) is 1. The summed E-state index contributed by atoms with van der Waals surface area (Å²) < 4.78 is 5.57. The van der Waals surface area contributed by atoms with E-state index in [-0.39, 0.29) is 18.1 Å². The van der Waals surface area contributed by atoms with Crippen molar-refractivity contribution in [1.29, 1.82) is 0 Å². The van der Waals surface area contributed by atoms with Gasteiger partial charge in [0, 0.05) is 23.1 Å². The first-order chi connectivity index (χ1) is 13.7. The van der Waals surface area contributed by atoms with Crippen molar-refractivity contribution in [2.24, 2.45) is 5.73 Å². The molecule has 0 saturated heterocycles. The third-order valence-electron chi connectivity index (χ3n) is 5.21. The van der Waals surface area contributed by atoms with Crippen molar-refractivity contribution in [1.82, 2.24) is 0 Å². The normalized spacial score (nSPS) is 15.9. The Hall–Kier alpha value is -1.78. The molecule has 0 amide bonds. The van der Waals surface area contributed by atoms with Crippen molar-refractivity contribution < 1.29 is 9.53 Å². The zero-order valence-electron chi connectivity index (χ0n) is 16.5. The molecule has 0 aliphatic heterocycles. The van der Waals surface area contributed by atoms with E-state index in [1.165, 1.54) is 35.3 Å². The Bertz CT molecular complexity index is 711. The predicted octanol–water partition coefficient (Wildman–Crippen LogP) is 5.35. The molecule has 3 rings (SSSR count). The highest BCUT2D eigenvalue weighted by molar-refractivity contribution is 7.99. The molecule has 1 saturated carbocycles. The van der Waals surface area contributed by atoms with Crippen LogP contribution >= 0.6 is 11.8 Å². The maximum Gasteiger partial charge on any atom is 0.306 e. The molecule has 1 unspecified atom stereocenters. The van der Waals surface area contributed by atoms with Crippen LogP contribution in [0.25, 0.3) is 0 Å². The number of thioether (sulfide) groups is 1. The molecule has 28 heavy (non-hydrogen) atoms. The van der Waals surface area contributed by atoms with Gasteiger partial charge in [-0.05, 0) is 61.8 Å². The molecule has 2 aromatic rings. The predicted molar refractivity (Wildman–Crippen MR) is 117 cm³/mol. The van der Waals surface area contributed by atoms with Gasteiger partial charge in [-0.2, -0.15) is 0 Å². The smallest absolute Gasteiger partial charge is 0.306 e. The summed E-state index contributed by atoms with van der Waals surface area (Å²) in [5, 5.41) is 0. The molecule has 3 nitrogen and oxygen atoms in total. The molecule has 4 heteroatoms. The van der Waals surface area contributed by atoms with Crippen LogP contribution in [0.15, 0.2) is 59.5 Å². The molecule has 1 aliphatic rings. The lowest BCUT2D eigenvalue weighted by Crippen LogP contribution is -2.26. The summed E-state index contributed by atoms with van der Waals surface area (Å²) in [7, 11) is 0. The van der Waals surface area contributed by atoms with Crippen LogP contribution < -0.4 is 5.73 Å². The second-order valence-electron chi connectivity index (χ2n) is 7.67. The van der Waals surface area contributed by atoms with Gasteiger partial charge < -0.3 is 10.5 Å². The van der Waals surface area contributed by atoms with Crippen LogP contribution in [0.2, 0.25) is 0 Å². The van der Waals surface area contributed by atoms with Gasteiger partial charge >= 0.3 is 5.97 Å². The van der Waals surface area contributed by atoms with E-state index in [1.54, 1.807) is 11.8 Å². The van der Waals surface area contributed by atoms with Crippen molar-refractivity contribution in [3.63, 3.8) is 0 Å². The van der Waals surface area contributed by atoms with Gasteiger partial charge in [-0.15, -0.1) is 11.8 Å². The maximum absolute atomic E-state index is 12.0. The minimum absolute atomic E-state index is 0.00732. The first-order valence-corrected chi connectivity index (χ1v) is 11.4. The standard InChI is InChI=1S/C24H31NO2S/c25-21(13-16-24(26)27-22-9-5-2-6-10-22)18-28-23-14-11-20(12-15-23)17-19-7-3-1-4-8-19/h1,3-4,7-8,11-12,14-15,21-22H,2,5-6,9-10,13,16-18,25H2. The Kier molecular flexibility index (Phi) is 8.43. The number of hydrogen-bond acceptors (Lipinski definition) is 4. The van der Waals surface area contributed by atoms with Crippen LogP contribution in [0.4, 0.5) is 0 Å². The third-order valence-corrected chi connectivity index (χ3v) is 6.41. The number of carbonyl (C=O) groups excluding carboxylic acids is 1. The summed E-state index contributed by atoms with van der Waals surface area (Å²) in [6, 6.07) is 19.2. The minimum atomic E-state index is -0.0855. The number of carbonyl (C=O) groups is 1. The van der Waals surface area contributed by atoms with Gasteiger partial charge in [-0.25, -0.2) is 0 Å². The molecule has 1 atom stereocenters. The van der Waals surface area contributed by atoms with Crippen molar-refractivity contribution in [3.05, 3.63) is 65.7 Å². The molecule has 2 aromatic carbocycles. The molecule has 1 aliphatic carbocycles. The molecular weight excluding hydrogens is 366 g/mol. The van der Waals surface area contributed by atoms with Crippen LogP contribution in [0.3, 0.4) is 0 Å². The Morgan fingerprint density at radius 1 is 1.00 bits per heavy atom. The van der Waals surface area contributed by atoms with Gasteiger partial charge in [0.1, 0.15) is 6.10 Å². The first kappa shape index (κ1) is 20.9. The number of hydrogen-bond donors (Lipinski definition) is 1. The fraction of sp³-hybridized carbons (Fsp3) is 0.458. The summed E-state index contributed by atoms with van der Waals surface area (Å²) in [4.78, 5) is 13.2. The van der Waals surface area contributed by atoms with E-state index in [4.69, 9.17) is 10.5 Å². The molecule has 0 heterocycles. The quantitative estimate of drug-likeness (QED) is 0.457. The molecule has 0 bridgehead atoms. The summed E-state index contributed by atoms with van der Waals surface area (Å²) in [5.41, 5.74) is 8.84. The molecule has 0 spiro atoms. The highest BCUT2D eigenvalue weighted by Gasteiger charge is 2.18. The van der Waals surface area contributed by atoms with Crippen molar-refractivity contribution in [2.75, 3.05) is 5.75 Å². The van der Waals surface area contributed by atoms with E-state index in [2.05, 4.69) is 48.5 Å². The van der Waals surface area contributed by atoms with Crippen LogP contribution in [-0.2, 0) is 16.0 Å². The number of esters is 1. The first-order valence-electron chi connectivity index (χ1n) is 10.4. The molecule has 2 N–H and O–H groups in total. The Morgan fingerprint density at radius 3 is 2.39 bits per heavy atom. The molecule has 0 aromatic heterocycles. The number of rotatable bonds is 9. The second-order valence-corrected chi connectivity index (χ2v) is 8.76. The van der Waals surface area contributed by atoms with Gasteiger partial charge in [0.05, 0.1) is 0 Å². The zero-order chi connectivity index (χ0) is 19.6. The largest absolute Gasteiger partial charge is 0.462 e. The average molecular weight is 398 g/mol. The second kappa shape index (κ2) is 11.3. The number of ether oxygens (including phenoxy) is 1.